The predicted molar refractivity (Wildman–Crippen MR) is 44.0 cm³/mol. The Hall–Kier alpha value is -2.00. The number of hydrogen-bond donors (Lipinski definition) is 0. The number of carbonyl (C=O) groups excluding carboxylic acids is 1. The highest BCUT2D eigenvalue weighted by atomic mass is 16.5. The third-order valence-corrected chi connectivity index (χ3v) is 1.41. The maximum absolute atomic E-state index is 11.0. The Bertz CT molecular complexity index is 355. The molecule has 1 aromatic rings. The van der Waals surface area contributed by atoms with Crippen LogP contribution in [0.15, 0.2) is 24.5 Å². The quantitative estimate of drug-likeness (QED) is 0.281. The maximum Gasteiger partial charge on any atom is 0.422 e. The number of methoxy groups -OCH3 is 1. The van der Waals surface area contributed by atoms with Crippen LogP contribution >= 0.6 is 0 Å². The molecule has 0 N–H and O–H groups in total. The van der Waals surface area contributed by atoms with Gasteiger partial charge in [0.1, 0.15) is 0 Å². The fraction of sp³-hybridized carbons (Fsp3) is 0.125. The summed E-state index contributed by atoms with van der Waals surface area (Å²) in [7, 11) is 1.21. The van der Waals surface area contributed by atoms with Crippen molar-refractivity contribution in [3.8, 4) is 0 Å². The van der Waals surface area contributed by atoms with Gasteiger partial charge < -0.3 is 10.3 Å². The topological polar surface area (TPSA) is 75.6 Å². The summed E-state index contributed by atoms with van der Waals surface area (Å²) in [5, 5.41) is 0. The van der Waals surface area contributed by atoms with E-state index in [1.54, 1.807) is 18.3 Å². The molecule has 5 nitrogen and oxygen atoms in total. The molecule has 1 rings (SSSR count). The van der Waals surface area contributed by atoms with Crippen LogP contribution in [-0.4, -0.2) is 28.6 Å². The van der Waals surface area contributed by atoms with Gasteiger partial charge in [0.15, 0.2) is 0 Å². The van der Waals surface area contributed by atoms with Crippen LogP contribution in [0.2, 0.25) is 0 Å². The average molecular weight is 177 g/mol. The van der Waals surface area contributed by atoms with Crippen molar-refractivity contribution in [1.82, 2.24) is 4.98 Å². The third kappa shape index (κ3) is 1.98. The lowest BCUT2D eigenvalue weighted by Crippen LogP contribution is -2.18. The van der Waals surface area contributed by atoms with Crippen molar-refractivity contribution in [2.45, 2.75) is 0 Å². The van der Waals surface area contributed by atoms with Crippen molar-refractivity contribution in [3.63, 3.8) is 0 Å². The predicted octanol–water partition coefficient (Wildman–Crippen LogP) is 0.273. The maximum atomic E-state index is 11.0. The summed E-state index contributed by atoms with van der Waals surface area (Å²) in [6, 6.07) is 3.22. The van der Waals surface area contributed by atoms with Crippen molar-refractivity contribution in [3.05, 3.63) is 35.6 Å². The molecule has 0 saturated heterocycles. The monoisotopic (exact) mass is 177 g/mol. The first-order valence-corrected chi connectivity index (χ1v) is 3.50. The second kappa shape index (κ2) is 4.13. The minimum Gasteiger partial charge on any atom is -0.460 e. The zero-order valence-corrected chi connectivity index (χ0v) is 6.97. The first kappa shape index (κ1) is 9.09. The van der Waals surface area contributed by atoms with E-state index in [0.29, 0.717) is 5.56 Å². The smallest absolute Gasteiger partial charge is 0.422 e. The molecular formula is C8H7N3O2. The lowest BCUT2D eigenvalue weighted by Gasteiger charge is -1.92. The number of esters is 1. The summed E-state index contributed by atoms with van der Waals surface area (Å²) < 4.78 is 4.40. The van der Waals surface area contributed by atoms with Crippen molar-refractivity contribution in [2.24, 2.45) is 0 Å². The molecule has 1 aromatic heterocycles. The molecule has 0 aliphatic carbocycles. The fourth-order valence-corrected chi connectivity index (χ4v) is 0.816. The van der Waals surface area contributed by atoms with E-state index in [0.717, 1.165) is 0 Å². The fourth-order valence-electron chi connectivity index (χ4n) is 0.816. The largest absolute Gasteiger partial charge is 0.460 e. The van der Waals surface area contributed by atoms with Gasteiger partial charge in [-0.3, -0.25) is 4.98 Å². The van der Waals surface area contributed by atoms with E-state index >= 15 is 0 Å². The molecule has 0 fully saturated rings. The van der Waals surface area contributed by atoms with Crippen molar-refractivity contribution in [1.29, 1.82) is 0 Å². The van der Waals surface area contributed by atoms with Gasteiger partial charge in [-0.1, -0.05) is 0 Å². The summed E-state index contributed by atoms with van der Waals surface area (Å²) in [4.78, 5) is 17.6. The van der Waals surface area contributed by atoms with Gasteiger partial charge in [0.2, 0.25) is 0 Å². The summed E-state index contributed by atoms with van der Waals surface area (Å²) in [6.45, 7) is 0. The molecule has 1 heterocycles. The second-order valence-corrected chi connectivity index (χ2v) is 2.18. The van der Waals surface area contributed by atoms with E-state index in [1.807, 2.05) is 0 Å². The Morgan fingerprint density at radius 1 is 1.69 bits per heavy atom. The molecule has 0 aliphatic rings. The molecule has 13 heavy (non-hydrogen) atoms. The van der Waals surface area contributed by atoms with E-state index in [2.05, 4.69) is 14.5 Å². The minimum absolute atomic E-state index is 0.157. The van der Waals surface area contributed by atoms with Gasteiger partial charge in [-0.15, -0.1) is 0 Å². The van der Waals surface area contributed by atoms with Gasteiger partial charge in [-0.2, -0.15) is 4.79 Å². The van der Waals surface area contributed by atoms with Gasteiger partial charge >= 0.3 is 11.7 Å². The van der Waals surface area contributed by atoms with E-state index < -0.39 is 5.97 Å². The number of carbonyl (C=O) groups is 1. The lowest BCUT2D eigenvalue weighted by atomic mass is 10.2. The van der Waals surface area contributed by atoms with Gasteiger partial charge in [-0.05, 0) is 12.1 Å². The Morgan fingerprint density at radius 2 is 2.46 bits per heavy atom. The molecule has 0 radical (unpaired) electrons. The highest BCUT2D eigenvalue weighted by molar-refractivity contribution is 6.40. The van der Waals surface area contributed by atoms with Gasteiger partial charge in [-0.25, -0.2) is 4.79 Å². The Labute approximate surface area is 74.6 Å². The van der Waals surface area contributed by atoms with E-state index in [-0.39, 0.29) is 5.71 Å². The van der Waals surface area contributed by atoms with Crippen LogP contribution in [-0.2, 0) is 9.53 Å². The molecular weight excluding hydrogens is 170 g/mol. The third-order valence-electron chi connectivity index (χ3n) is 1.41. The standard InChI is InChI=1S/C8H7N3O2/c1-13-8(12)7(11-9)6-3-2-4-10-5-6/h2-5H,1H3. The van der Waals surface area contributed by atoms with E-state index in [4.69, 9.17) is 5.53 Å². The van der Waals surface area contributed by atoms with Crippen LogP contribution in [0, 0.1) is 0 Å². The lowest BCUT2D eigenvalue weighted by molar-refractivity contribution is -0.137. The van der Waals surface area contributed by atoms with Crippen LogP contribution in [0.1, 0.15) is 5.56 Å². The molecule has 66 valence electrons. The Morgan fingerprint density at radius 3 is 2.92 bits per heavy atom. The number of nitrogens with zero attached hydrogens (tertiary/aromatic N) is 3. The van der Waals surface area contributed by atoms with E-state index in [1.165, 1.54) is 13.3 Å². The summed E-state index contributed by atoms with van der Waals surface area (Å²) in [5.74, 6) is -0.699. The van der Waals surface area contributed by atoms with Crippen molar-refractivity contribution in [2.75, 3.05) is 7.11 Å². The van der Waals surface area contributed by atoms with Crippen molar-refractivity contribution >= 4 is 11.7 Å². The second-order valence-electron chi connectivity index (χ2n) is 2.18. The molecule has 0 saturated carbocycles. The zero-order chi connectivity index (χ0) is 9.68. The van der Waals surface area contributed by atoms with Crippen LogP contribution in [0.25, 0.3) is 5.53 Å². The summed E-state index contributed by atoms with van der Waals surface area (Å²) in [6.07, 6.45) is 2.96. The molecule has 0 amide bonds. The van der Waals surface area contributed by atoms with E-state index in [9.17, 15) is 4.79 Å². The summed E-state index contributed by atoms with van der Waals surface area (Å²) >= 11 is 0. The van der Waals surface area contributed by atoms with Crippen LogP contribution in [0.5, 0.6) is 0 Å². The van der Waals surface area contributed by atoms with Crippen LogP contribution < -0.4 is 0 Å². The minimum atomic E-state index is -0.699. The number of rotatable bonds is 2. The highest BCUT2D eigenvalue weighted by Gasteiger charge is 2.23. The molecule has 0 spiro atoms. The van der Waals surface area contributed by atoms with Gasteiger partial charge in [0, 0.05) is 12.4 Å². The Balaban J connectivity index is 3.07. The van der Waals surface area contributed by atoms with Gasteiger partial charge in [0.25, 0.3) is 0 Å². The number of pyridine rings is 1. The molecule has 0 aliphatic heterocycles. The molecule has 0 bridgehead atoms. The molecule has 0 aromatic carbocycles. The van der Waals surface area contributed by atoms with Gasteiger partial charge in [0.05, 0.1) is 12.7 Å². The number of hydrogen-bond acceptors (Lipinski definition) is 3. The summed E-state index contributed by atoms with van der Waals surface area (Å²) in [5.41, 5.74) is 8.80. The Kier molecular flexibility index (Phi) is 2.89. The first-order chi connectivity index (χ1) is 6.29. The highest BCUT2D eigenvalue weighted by Crippen LogP contribution is 1.97. The first-order valence-electron chi connectivity index (χ1n) is 3.50. The van der Waals surface area contributed by atoms with Crippen LogP contribution in [0.3, 0.4) is 0 Å². The molecule has 0 unspecified atom stereocenters. The zero-order valence-electron chi connectivity index (χ0n) is 6.97. The molecule has 5 heteroatoms. The van der Waals surface area contributed by atoms with Crippen LogP contribution in [0.4, 0.5) is 0 Å². The SMILES string of the molecule is COC(=O)C(=[N+]=[N-])c1cccnc1. The molecule has 0 atom stereocenters. The van der Waals surface area contributed by atoms with Crippen molar-refractivity contribution < 1.29 is 14.3 Å². The normalized spacial score (nSPS) is 8.69. The average Bonchev–Trinajstić information content (AvgIpc) is 2.20. The number of aromatic nitrogens is 1. The number of ether oxygens (including phenoxy) is 1.